The van der Waals surface area contributed by atoms with Crippen molar-refractivity contribution in [3.63, 3.8) is 0 Å². The second kappa shape index (κ2) is 10.6. The van der Waals surface area contributed by atoms with Gasteiger partial charge in [0.25, 0.3) is 0 Å². The van der Waals surface area contributed by atoms with Crippen molar-refractivity contribution in [2.75, 3.05) is 6.61 Å². The minimum atomic E-state index is -0.0400. The number of nitrogens with zero attached hydrogens (tertiary/aromatic N) is 4. The third-order valence-electron chi connectivity index (χ3n) is 5.25. The smallest absolute Gasteiger partial charge is 0.223 e. The lowest BCUT2D eigenvalue weighted by Crippen LogP contribution is -2.38. The van der Waals surface area contributed by atoms with E-state index in [1.807, 2.05) is 60.4 Å². The number of hydrogen-bond acceptors (Lipinski definition) is 5. The molecule has 2 N–H and O–H groups in total. The summed E-state index contributed by atoms with van der Waals surface area (Å²) in [6, 6.07) is 16.1. The van der Waals surface area contributed by atoms with Gasteiger partial charge in [0.2, 0.25) is 11.7 Å². The van der Waals surface area contributed by atoms with E-state index in [1.54, 1.807) is 0 Å². The van der Waals surface area contributed by atoms with Crippen molar-refractivity contribution >= 4 is 5.91 Å². The molecule has 1 amide bonds. The number of aliphatic hydroxyl groups excluding tert-OH is 1. The van der Waals surface area contributed by atoms with Gasteiger partial charge in [-0.05, 0) is 47.7 Å². The highest BCUT2D eigenvalue weighted by Gasteiger charge is 2.21. The SMILES string of the molecule is CCCCC(=O)N(Cc1ccc(-c2ccccc2)c(-c2nn[nH]n2)c1)C(C)CCO. The number of aliphatic hydroxyl groups is 1. The maximum absolute atomic E-state index is 12.8. The molecule has 0 saturated carbocycles. The quantitative estimate of drug-likeness (QED) is 0.533. The fourth-order valence-corrected chi connectivity index (χ4v) is 3.52. The average molecular weight is 408 g/mol. The summed E-state index contributed by atoms with van der Waals surface area (Å²) < 4.78 is 0. The maximum atomic E-state index is 12.8. The maximum Gasteiger partial charge on any atom is 0.223 e. The van der Waals surface area contributed by atoms with Crippen LogP contribution in [0.1, 0.15) is 45.1 Å². The van der Waals surface area contributed by atoms with Crippen LogP contribution in [0.5, 0.6) is 0 Å². The van der Waals surface area contributed by atoms with Crippen molar-refractivity contribution in [3.8, 4) is 22.5 Å². The number of nitrogens with one attached hydrogen (secondary N) is 1. The lowest BCUT2D eigenvalue weighted by atomic mass is 9.96. The number of carbonyl (C=O) groups excluding carboxylic acids is 1. The van der Waals surface area contributed by atoms with Gasteiger partial charge in [0.15, 0.2) is 0 Å². The van der Waals surface area contributed by atoms with E-state index in [0.717, 1.165) is 35.1 Å². The Morgan fingerprint density at radius 2 is 1.97 bits per heavy atom. The predicted octanol–water partition coefficient (Wildman–Crippen LogP) is 3.82. The molecule has 0 bridgehead atoms. The summed E-state index contributed by atoms with van der Waals surface area (Å²) in [4.78, 5) is 14.7. The summed E-state index contributed by atoms with van der Waals surface area (Å²) in [5.41, 5.74) is 3.92. The van der Waals surface area contributed by atoms with Gasteiger partial charge in [-0.3, -0.25) is 4.79 Å². The molecule has 7 nitrogen and oxygen atoms in total. The molecule has 0 saturated heterocycles. The summed E-state index contributed by atoms with van der Waals surface area (Å²) in [7, 11) is 0. The minimum absolute atomic E-state index is 0.0400. The van der Waals surface area contributed by atoms with E-state index in [1.165, 1.54) is 0 Å². The summed E-state index contributed by atoms with van der Waals surface area (Å²) in [6.07, 6.45) is 2.91. The van der Waals surface area contributed by atoms with Crippen molar-refractivity contribution < 1.29 is 9.90 Å². The van der Waals surface area contributed by atoms with E-state index >= 15 is 0 Å². The Kier molecular flexibility index (Phi) is 7.68. The molecule has 158 valence electrons. The number of carbonyl (C=O) groups is 1. The Morgan fingerprint density at radius 3 is 2.63 bits per heavy atom. The number of aromatic amines is 1. The summed E-state index contributed by atoms with van der Waals surface area (Å²) in [6.45, 7) is 4.59. The standard InChI is InChI=1S/C23H29N5O2/c1-3-4-10-22(30)28(17(2)13-14-29)16-18-11-12-20(19-8-6-5-7-9-19)21(15-18)23-24-26-27-25-23/h5-9,11-12,15,17,29H,3-4,10,13-14,16H2,1-2H3,(H,24,25,26,27). The normalized spacial score (nSPS) is 12.0. The molecule has 0 fully saturated rings. The Hall–Kier alpha value is -3.06. The second-order valence-corrected chi connectivity index (χ2v) is 7.47. The van der Waals surface area contributed by atoms with Crippen LogP contribution in [0.4, 0.5) is 0 Å². The third-order valence-corrected chi connectivity index (χ3v) is 5.25. The molecule has 30 heavy (non-hydrogen) atoms. The molecule has 0 radical (unpaired) electrons. The zero-order chi connectivity index (χ0) is 21.3. The number of tetrazole rings is 1. The first-order valence-electron chi connectivity index (χ1n) is 10.5. The first-order chi connectivity index (χ1) is 14.6. The molecular formula is C23H29N5O2. The molecule has 3 aromatic rings. The van der Waals surface area contributed by atoms with Crippen LogP contribution in [0, 0.1) is 0 Å². The van der Waals surface area contributed by atoms with Crippen LogP contribution in [-0.4, -0.2) is 49.2 Å². The molecule has 0 aliphatic carbocycles. The van der Waals surface area contributed by atoms with E-state index in [9.17, 15) is 9.90 Å². The largest absolute Gasteiger partial charge is 0.396 e. The van der Waals surface area contributed by atoms with Gasteiger partial charge in [0, 0.05) is 31.2 Å². The molecule has 0 spiro atoms. The van der Waals surface area contributed by atoms with Crippen molar-refractivity contribution in [2.45, 2.75) is 52.1 Å². The van der Waals surface area contributed by atoms with Crippen molar-refractivity contribution in [1.29, 1.82) is 0 Å². The fourth-order valence-electron chi connectivity index (χ4n) is 3.52. The topological polar surface area (TPSA) is 95.0 Å². The van der Waals surface area contributed by atoms with E-state index in [4.69, 9.17) is 0 Å². The van der Waals surface area contributed by atoms with Gasteiger partial charge < -0.3 is 10.0 Å². The lowest BCUT2D eigenvalue weighted by molar-refractivity contribution is -0.134. The van der Waals surface area contributed by atoms with Gasteiger partial charge in [-0.15, -0.1) is 10.2 Å². The minimum Gasteiger partial charge on any atom is -0.396 e. The van der Waals surface area contributed by atoms with Gasteiger partial charge >= 0.3 is 0 Å². The van der Waals surface area contributed by atoms with Gasteiger partial charge in [0.1, 0.15) is 0 Å². The van der Waals surface area contributed by atoms with Crippen molar-refractivity contribution in [1.82, 2.24) is 25.5 Å². The molecule has 1 aromatic heterocycles. The molecule has 7 heteroatoms. The molecule has 1 atom stereocenters. The first-order valence-corrected chi connectivity index (χ1v) is 10.5. The number of hydrogen-bond donors (Lipinski definition) is 2. The van der Waals surface area contributed by atoms with Crippen LogP contribution in [0.15, 0.2) is 48.5 Å². The summed E-state index contributed by atoms with van der Waals surface area (Å²) in [5.74, 6) is 0.633. The van der Waals surface area contributed by atoms with Gasteiger partial charge in [-0.25, -0.2) is 0 Å². The number of unbranched alkanes of at least 4 members (excludes halogenated alkanes) is 1. The Morgan fingerprint density at radius 1 is 1.17 bits per heavy atom. The molecule has 0 aliphatic rings. The van der Waals surface area contributed by atoms with Crippen LogP contribution >= 0.6 is 0 Å². The first kappa shape index (κ1) is 21.6. The molecule has 0 aliphatic heterocycles. The number of benzene rings is 2. The molecule has 2 aromatic carbocycles. The van der Waals surface area contributed by atoms with E-state index in [0.29, 0.717) is 25.2 Å². The molecule has 1 unspecified atom stereocenters. The highest BCUT2D eigenvalue weighted by molar-refractivity contribution is 5.81. The number of aromatic nitrogens is 4. The zero-order valence-corrected chi connectivity index (χ0v) is 17.6. The second-order valence-electron chi connectivity index (χ2n) is 7.47. The van der Waals surface area contributed by atoms with Crippen molar-refractivity contribution in [3.05, 3.63) is 54.1 Å². The molecule has 1 heterocycles. The Bertz CT molecular complexity index is 928. The number of amides is 1. The molecule has 3 rings (SSSR count). The van der Waals surface area contributed by atoms with Crippen LogP contribution in [-0.2, 0) is 11.3 Å². The van der Waals surface area contributed by atoms with Crippen LogP contribution in [0.25, 0.3) is 22.5 Å². The van der Waals surface area contributed by atoms with Crippen LogP contribution in [0.3, 0.4) is 0 Å². The summed E-state index contributed by atoms with van der Waals surface area (Å²) in [5, 5.41) is 24.0. The van der Waals surface area contributed by atoms with Crippen LogP contribution in [0.2, 0.25) is 0 Å². The number of rotatable bonds is 10. The average Bonchev–Trinajstić information content (AvgIpc) is 3.31. The number of H-pyrrole nitrogens is 1. The van der Waals surface area contributed by atoms with Gasteiger partial charge in [0.05, 0.1) is 0 Å². The zero-order valence-electron chi connectivity index (χ0n) is 17.6. The fraction of sp³-hybridized carbons (Fsp3) is 0.391. The highest BCUT2D eigenvalue weighted by Crippen LogP contribution is 2.31. The van der Waals surface area contributed by atoms with Gasteiger partial charge in [-0.1, -0.05) is 55.8 Å². The predicted molar refractivity (Wildman–Crippen MR) is 116 cm³/mol. The monoisotopic (exact) mass is 407 g/mol. The van der Waals surface area contributed by atoms with E-state index in [-0.39, 0.29) is 18.6 Å². The van der Waals surface area contributed by atoms with E-state index in [2.05, 4.69) is 27.5 Å². The van der Waals surface area contributed by atoms with Gasteiger partial charge in [-0.2, -0.15) is 5.21 Å². The van der Waals surface area contributed by atoms with Crippen molar-refractivity contribution in [2.24, 2.45) is 0 Å². The molecular weight excluding hydrogens is 378 g/mol. The third kappa shape index (κ3) is 5.30. The lowest BCUT2D eigenvalue weighted by Gasteiger charge is -2.29. The Labute approximate surface area is 177 Å². The summed E-state index contributed by atoms with van der Waals surface area (Å²) >= 11 is 0. The highest BCUT2D eigenvalue weighted by atomic mass is 16.3. The Balaban J connectivity index is 1.94. The van der Waals surface area contributed by atoms with Crippen LogP contribution < -0.4 is 0 Å². The van der Waals surface area contributed by atoms with E-state index < -0.39 is 0 Å².